The molecule has 1 aliphatic rings. The maximum Gasteiger partial charge on any atom is 0.357 e. The van der Waals surface area contributed by atoms with Crippen LogP contribution in [0.2, 0.25) is 5.02 Å². The molecule has 6 nitrogen and oxygen atoms in total. The van der Waals surface area contributed by atoms with Crippen LogP contribution in [0.1, 0.15) is 21.7 Å². The molecule has 0 aliphatic carbocycles. The molecule has 0 bridgehead atoms. The Morgan fingerprint density at radius 2 is 2.38 bits per heavy atom. The molecule has 1 unspecified atom stereocenters. The normalized spacial score (nSPS) is 17.0. The first-order valence-corrected chi connectivity index (χ1v) is 6.60. The molecule has 0 spiro atoms. The Hall–Kier alpha value is -2.36. The van der Waals surface area contributed by atoms with E-state index in [2.05, 4.69) is 4.98 Å². The van der Waals surface area contributed by atoms with Gasteiger partial charge in [-0.1, -0.05) is 11.6 Å². The van der Waals surface area contributed by atoms with Gasteiger partial charge in [0.15, 0.2) is 5.69 Å². The van der Waals surface area contributed by atoms with Crippen LogP contribution in [-0.4, -0.2) is 33.3 Å². The molecule has 1 N–H and O–H groups in total. The van der Waals surface area contributed by atoms with Gasteiger partial charge in [0.1, 0.15) is 18.5 Å². The highest BCUT2D eigenvalue weighted by atomic mass is 35.5. The van der Waals surface area contributed by atoms with Crippen molar-refractivity contribution in [3.05, 3.63) is 46.5 Å². The summed E-state index contributed by atoms with van der Waals surface area (Å²) in [4.78, 5) is 16.2. The molecule has 0 amide bonds. The second-order valence-corrected chi connectivity index (χ2v) is 5.01. The standard InChI is InChI=1S/C14H10ClN3O3/c15-11-3-9(2-1-8(11)5-16)18-7-17-12-4-10(6-19)21-14(20)13(12)18/h1-3,7,10,19H,4,6H2. The Morgan fingerprint density at radius 1 is 1.57 bits per heavy atom. The van der Waals surface area contributed by atoms with Crippen LogP contribution >= 0.6 is 11.6 Å². The summed E-state index contributed by atoms with van der Waals surface area (Å²) in [5.41, 5.74) is 1.87. The van der Waals surface area contributed by atoms with Crippen molar-refractivity contribution < 1.29 is 14.6 Å². The maximum atomic E-state index is 12.0. The van der Waals surface area contributed by atoms with E-state index in [1.54, 1.807) is 22.8 Å². The number of hydrogen-bond acceptors (Lipinski definition) is 5. The Morgan fingerprint density at radius 3 is 3.05 bits per heavy atom. The van der Waals surface area contributed by atoms with Crippen LogP contribution in [0.3, 0.4) is 0 Å². The van der Waals surface area contributed by atoms with Gasteiger partial charge in [0.25, 0.3) is 0 Å². The first-order valence-electron chi connectivity index (χ1n) is 6.22. The molecule has 0 radical (unpaired) electrons. The molecule has 21 heavy (non-hydrogen) atoms. The average Bonchev–Trinajstić information content (AvgIpc) is 2.91. The van der Waals surface area contributed by atoms with E-state index in [-0.39, 0.29) is 6.61 Å². The number of rotatable bonds is 2. The number of hydrogen-bond donors (Lipinski definition) is 1. The van der Waals surface area contributed by atoms with E-state index in [0.29, 0.717) is 34.1 Å². The Balaban J connectivity index is 2.06. The van der Waals surface area contributed by atoms with Crippen LogP contribution in [0.5, 0.6) is 0 Å². The number of carbonyl (C=O) groups is 1. The first-order chi connectivity index (χ1) is 10.1. The lowest BCUT2D eigenvalue weighted by Crippen LogP contribution is -2.31. The van der Waals surface area contributed by atoms with E-state index in [0.717, 1.165) is 0 Å². The van der Waals surface area contributed by atoms with E-state index in [4.69, 9.17) is 26.7 Å². The minimum absolute atomic E-state index is 0.235. The number of aliphatic hydroxyl groups excluding tert-OH is 1. The topological polar surface area (TPSA) is 88.1 Å². The minimum atomic E-state index is -0.557. The second-order valence-electron chi connectivity index (χ2n) is 4.60. The van der Waals surface area contributed by atoms with E-state index in [9.17, 15) is 4.79 Å². The molecule has 0 fully saturated rings. The Bertz CT molecular complexity index is 763. The first kappa shape index (κ1) is 13.6. The van der Waals surface area contributed by atoms with Crippen molar-refractivity contribution in [3.8, 4) is 11.8 Å². The summed E-state index contributed by atoms with van der Waals surface area (Å²) in [6.07, 6.45) is 1.32. The van der Waals surface area contributed by atoms with Gasteiger partial charge in [0.05, 0.1) is 22.9 Å². The van der Waals surface area contributed by atoms with Gasteiger partial charge in [-0.15, -0.1) is 0 Å². The zero-order valence-electron chi connectivity index (χ0n) is 10.8. The summed E-state index contributed by atoms with van der Waals surface area (Å²) in [7, 11) is 0. The van der Waals surface area contributed by atoms with Crippen molar-refractivity contribution in [2.45, 2.75) is 12.5 Å². The van der Waals surface area contributed by atoms with Crippen LogP contribution in [0.4, 0.5) is 0 Å². The number of aliphatic hydroxyl groups is 1. The van der Waals surface area contributed by atoms with Crippen LogP contribution in [-0.2, 0) is 11.2 Å². The fourth-order valence-electron chi connectivity index (χ4n) is 2.26. The lowest BCUT2D eigenvalue weighted by Gasteiger charge is -2.21. The Kier molecular flexibility index (Phi) is 3.37. The highest BCUT2D eigenvalue weighted by Gasteiger charge is 2.30. The summed E-state index contributed by atoms with van der Waals surface area (Å²) in [5, 5.41) is 18.3. The summed E-state index contributed by atoms with van der Waals surface area (Å²) in [6, 6.07) is 6.82. The number of aromatic nitrogens is 2. The van der Waals surface area contributed by atoms with E-state index < -0.39 is 12.1 Å². The highest BCUT2D eigenvalue weighted by molar-refractivity contribution is 6.31. The number of imidazole rings is 1. The zero-order chi connectivity index (χ0) is 15.0. The third-order valence-corrected chi connectivity index (χ3v) is 3.60. The third kappa shape index (κ3) is 2.27. The molecule has 0 saturated carbocycles. The number of benzene rings is 1. The number of ether oxygens (including phenoxy) is 1. The molecule has 2 heterocycles. The van der Waals surface area contributed by atoms with Crippen molar-refractivity contribution >= 4 is 17.6 Å². The number of nitrogens with zero attached hydrogens (tertiary/aromatic N) is 3. The monoisotopic (exact) mass is 303 g/mol. The number of nitriles is 1. The van der Waals surface area contributed by atoms with E-state index in [1.807, 2.05) is 6.07 Å². The molecule has 1 aliphatic heterocycles. The molecule has 1 atom stereocenters. The fraction of sp³-hybridized carbons (Fsp3) is 0.214. The largest absolute Gasteiger partial charge is 0.455 e. The van der Waals surface area contributed by atoms with Crippen LogP contribution < -0.4 is 0 Å². The third-order valence-electron chi connectivity index (χ3n) is 3.29. The molecule has 1 aromatic carbocycles. The quantitative estimate of drug-likeness (QED) is 0.849. The van der Waals surface area contributed by atoms with Gasteiger partial charge in [-0.25, -0.2) is 9.78 Å². The zero-order valence-corrected chi connectivity index (χ0v) is 11.5. The average molecular weight is 304 g/mol. The molecular formula is C14H10ClN3O3. The maximum absolute atomic E-state index is 12.0. The van der Waals surface area contributed by atoms with Gasteiger partial charge in [-0.05, 0) is 18.2 Å². The summed E-state index contributed by atoms with van der Waals surface area (Å²) in [5.74, 6) is -0.534. The smallest absolute Gasteiger partial charge is 0.357 e. The van der Waals surface area contributed by atoms with Gasteiger partial charge in [0, 0.05) is 12.1 Å². The van der Waals surface area contributed by atoms with Crippen LogP contribution in [0.25, 0.3) is 5.69 Å². The predicted molar refractivity (Wildman–Crippen MR) is 73.3 cm³/mol. The Labute approximate surface area is 125 Å². The molecule has 1 aromatic heterocycles. The van der Waals surface area contributed by atoms with Gasteiger partial charge < -0.3 is 9.84 Å². The molecule has 3 rings (SSSR count). The van der Waals surface area contributed by atoms with Crippen molar-refractivity contribution in [1.29, 1.82) is 5.26 Å². The van der Waals surface area contributed by atoms with Crippen LogP contribution in [0.15, 0.2) is 24.5 Å². The number of fused-ring (bicyclic) bond motifs is 1. The summed E-state index contributed by atoms with van der Waals surface area (Å²) < 4.78 is 6.69. The summed E-state index contributed by atoms with van der Waals surface area (Å²) in [6.45, 7) is -0.235. The van der Waals surface area contributed by atoms with Gasteiger partial charge in [-0.3, -0.25) is 4.57 Å². The number of halogens is 1. The van der Waals surface area contributed by atoms with E-state index >= 15 is 0 Å². The molecular weight excluding hydrogens is 294 g/mol. The fourth-order valence-corrected chi connectivity index (χ4v) is 2.47. The molecule has 106 valence electrons. The molecule has 7 heteroatoms. The van der Waals surface area contributed by atoms with Crippen LogP contribution in [0, 0.1) is 11.3 Å². The van der Waals surface area contributed by atoms with Gasteiger partial charge >= 0.3 is 5.97 Å². The molecule has 0 saturated heterocycles. The van der Waals surface area contributed by atoms with Crippen molar-refractivity contribution in [1.82, 2.24) is 9.55 Å². The SMILES string of the molecule is N#Cc1ccc(-n2cnc3c2C(=O)OC(CO)C3)cc1Cl. The van der Waals surface area contributed by atoms with Crippen molar-refractivity contribution in [3.63, 3.8) is 0 Å². The van der Waals surface area contributed by atoms with E-state index in [1.165, 1.54) is 6.33 Å². The number of carbonyl (C=O) groups excluding carboxylic acids is 1. The van der Waals surface area contributed by atoms with Gasteiger partial charge in [0.2, 0.25) is 0 Å². The second kappa shape index (κ2) is 5.20. The lowest BCUT2D eigenvalue weighted by atomic mass is 10.1. The molecule has 2 aromatic rings. The lowest BCUT2D eigenvalue weighted by molar-refractivity contribution is 0.00805. The number of esters is 1. The van der Waals surface area contributed by atoms with Crippen molar-refractivity contribution in [2.24, 2.45) is 0 Å². The number of cyclic esters (lactones) is 1. The highest BCUT2D eigenvalue weighted by Crippen LogP contribution is 2.25. The minimum Gasteiger partial charge on any atom is -0.455 e. The summed E-state index contributed by atoms with van der Waals surface area (Å²) >= 11 is 6.01. The predicted octanol–water partition coefficient (Wildman–Crippen LogP) is 1.47. The van der Waals surface area contributed by atoms with Gasteiger partial charge in [-0.2, -0.15) is 5.26 Å². The van der Waals surface area contributed by atoms with Crippen molar-refractivity contribution in [2.75, 3.05) is 6.61 Å².